The van der Waals surface area contributed by atoms with Crippen LogP contribution in [-0.2, 0) is 0 Å². The molecule has 0 saturated carbocycles. The lowest BCUT2D eigenvalue weighted by atomic mass is 10.0. The monoisotopic (exact) mass is 334 g/mol. The van der Waals surface area contributed by atoms with Gasteiger partial charge in [-0.05, 0) is 36.9 Å². The number of methoxy groups -OCH3 is 1. The summed E-state index contributed by atoms with van der Waals surface area (Å²) >= 11 is 0. The van der Waals surface area contributed by atoms with Crippen molar-refractivity contribution in [3.05, 3.63) is 65.2 Å². The van der Waals surface area contributed by atoms with Crippen LogP contribution < -0.4 is 15.4 Å². The van der Waals surface area contributed by atoms with Crippen LogP contribution in [-0.4, -0.2) is 26.1 Å². The van der Waals surface area contributed by atoms with Gasteiger partial charge in [-0.15, -0.1) is 0 Å². The number of carbonyl (C=O) groups is 1. The van der Waals surface area contributed by atoms with Crippen LogP contribution in [0.15, 0.2) is 42.5 Å². The van der Waals surface area contributed by atoms with Gasteiger partial charge in [0.1, 0.15) is 17.4 Å². The van der Waals surface area contributed by atoms with Crippen LogP contribution in [0, 0.1) is 11.6 Å². The molecule has 0 saturated heterocycles. The Morgan fingerprint density at radius 1 is 1.17 bits per heavy atom. The predicted octanol–water partition coefficient (Wildman–Crippen LogP) is 3.05. The van der Waals surface area contributed by atoms with Crippen molar-refractivity contribution in [1.82, 2.24) is 10.6 Å². The fraction of sp³-hybridized carbons (Fsp3) is 0.278. The average Bonchev–Trinajstić information content (AvgIpc) is 2.59. The minimum Gasteiger partial charge on any atom is -0.497 e. The predicted molar refractivity (Wildman–Crippen MR) is 88.1 cm³/mol. The van der Waals surface area contributed by atoms with Gasteiger partial charge in [0.15, 0.2) is 0 Å². The van der Waals surface area contributed by atoms with E-state index in [9.17, 15) is 13.6 Å². The Morgan fingerprint density at radius 2 is 1.83 bits per heavy atom. The third-order valence-corrected chi connectivity index (χ3v) is 3.58. The number of nitrogens with one attached hydrogen (secondary N) is 2. The Labute approximate surface area is 139 Å². The fourth-order valence-corrected chi connectivity index (χ4v) is 2.36. The number of hydrogen-bond donors (Lipinski definition) is 2. The molecule has 6 heteroatoms. The second kappa shape index (κ2) is 8.40. The highest BCUT2D eigenvalue weighted by Gasteiger charge is 2.22. The van der Waals surface area contributed by atoms with Crippen molar-refractivity contribution in [2.75, 3.05) is 20.2 Å². The minimum absolute atomic E-state index is 0.158. The van der Waals surface area contributed by atoms with E-state index < -0.39 is 23.6 Å². The Hall–Kier alpha value is -2.47. The van der Waals surface area contributed by atoms with E-state index in [2.05, 4.69) is 10.6 Å². The first-order chi connectivity index (χ1) is 11.6. The van der Waals surface area contributed by atoms with Crippen molar-refractivity contribution in [1.29, 1.82) is 0 Å². The first-order valence-electron chi connectivity index (χ1n) is 7.66. The van der Waals surface area contributed by atoms with E-state index in [0.717, 1.165) is 0 Å². The summed E-state index contributed by atoms with van der Waals surface area (Å²) in [4.78, 5) is 12.4. The van der Waals surface area contributed by atoms with E-state index in [1.54, 1.807) is 24.3 Å². The molecule has 0 spiro atoms. The quantitative estimate of drug-likeness (QED) is 0.818. The van der Waals surface area contributed by atoms with Gasteiger partial charge < -0.3 is 15.4 Å². The number of hydrogen-bond acceptors (Lipinski definition) is 3. The molecule has 24 heavy (non-hydrogen) atoms. The lowest BCUT2D eigenvalue weighted by molar-refractivity contribution is 0.0934. The molecule has 128 valence electrons. The normalized spacial score (nSPS) is 11.8. The number of ether oxygens (including phenoxy) is 1. The van der Waals surface area contributed by atoms with Gasteiger partial charge in [-0.2, -0.15) is 0 Å². The van der Waals surface area contributed by atoms with E-state index in [1.807, 2.05) is 6.92 Å². The first kappa shape index (κ1) is 17.9. The summed E-state index contributed by atoms with van der Waals surface area (Å²) in [5.74, 6) is -1.28. The van der Waals surface area contributed by atoms with Gasteiger partial charge in [0.05, 0.1) is 13.2 Å². The smallest absolute Gasteiger partial charge is 0.251 e. The molecule has 0 heterocycles. The summed E-state index contributed by atoms with van der Waals surface area (Å²) in [5.41, 5.74) is 0.197. The van der Waals surface area contributed by atoms with Crippen molar-refractivity contribution < 1.29 is 18.3 Å². The third-order valence-electron chi connectivity index (χ3n) is 3.58. The summed E-state index contributed by atoms with van der Waals surface area (Å²) < 4.78 is 33.2. The average molecular weight is 334 g/mol. The zero-order chi connectivity index (χ0) is 17.5. The summed E-state index contributed by atoms with van der Waals surface area (Å²) in [6.07, 6.45) is 0. The summed E-state index contributed by atoms with van der Waals surface area (Å²) in [6.45, 7) is 2.70. The maximum atomic E-state index is 14.1. The highest BCUT2D eigenvalue weighted by atomic mass is 19.1. The Balaban J connectivity index is 2.26. The van der Waals surface area contributed by atoms with Gasteiger partial charge in [-0.25, -0.2) is 8.78 Å². The standard InChI is InChI=1S/C18H20F2N2O2/c1-3-21-11-16(17-14(19)8-5-9-15(17)20)22-18(23)12-6-4-7-13(10-12)24-2/h4-10,16,21H,3,11H2,1-2H3,(H,22,23). The molecule has 2 aromatic carbocycles. The third kappa shape index (κ3) is 4.29. The number of halogens is 2. The van der Waals surface area contributed by atoms with Crippen LogP contribution in [0.1, 0.15) is 28.9 Å². The second-order valence-electron chi connectivity index (χ2n) is 5.20. The van der Waals surface area contributed by atoms with E-state index >= 15 is 0 Å². The van der Waals surface area contributed by atoms with Crippen LogP contribution >= 0.6 is 0 Å². The number of likely N-dealkylation sites (N-methyl/N-ethyl adjacent to an activating group) is 1. The van der Waals surface area contributed by atoms with Crippen LogP contribution in [0.25, 0.3) is 0 Å². The molecular formula is C18H20F2N2O2. The van der Waals surface area contributed by atoms with Gasteiger partial charge in [-0.3, -0.25) is 4.79 Å². The van der Waals surface area contributed by atoms with Crippen molar-refractivity contribution in [3.63, 3.8) is 0 Å². The number of rotatable bonds is 7. The lowest BCUT2D eigenvalue weighted by Crippen LogP contribution is -2.36. The Morgan fingerprint density at radius 3 is 2.46 bits per heavy atom. The molecule has 1 atom stereocenters. The van der Waals surface area contributed by atoms with Crippen LogP contribution in [0.4, 0.5) is 8.78 Å². The molecule has 2 rings (SSSR count). The molecule has 1 amide bonds. The van der Waals surface area contributed by atoms with E-state index in [0.29, 0.717) is 17.9 Å². The van der Waals surface area contributed by atoms with Crippen molar-refractivity contribution in [3.8, 4) is 5.75 Å². The molecule has 4 nitrogen and oxygen atoms in total. The summed E-state index contributed by atoms with van der Waals surface area (Å²) in [7, 11) is 1.50. The van der Waals surface area contributed by atoms with Crippen molar-refractivity contribution in [2.24, 2.45) is 0 Å². The van der Waals surface area contributed by atoms with Crippen LogP contribution in [0.5, 0.6) is 5.75 Å². The topological polar surface area (TPSA) is 50.4 Å². The molecule has 0 aliphatic rings. The van der Waals surface area contributed by atoms with Gasteiger partial charge >= 0.3 is 0 Å². The minimum atomic E-state index is -0.829. The number of benzene rings is 2. The molecule has 0 radical (unpaired) electrons. The van der Waals surface area contributed by atoms with E-state index in [1.165, 1.54) is 25.3 Å². The lowest BCUT2D eigenvalue weighted by Gasteiger charge is -2.21. The molecule has 2 aromatic rings. The molecule has 0 aromatic heterocycles. The fourth-order valence-electron chi connectivity index (χ4n) is 2.36. The number of amides is 1. The summed E-state index contributed by atoms with van der Waals surface area (Å²) in [6, 6.07) is 9.38. The maximum absolute atomic E-state index is 14.1. The van der Waals surface area contributed by atoms with E-state index in [4.69, 9.17) is 4.74 Å². The zero-order valence-corrected chi connectivity index (χ0v) is 13.6. The van der Waals surface area contributed by atoms with E-state index in [-0.39, 0.29) is 12.1 Å². The highest BCUT2D eigenvalue weighted by molar-refractivity contribution is 5.94. The SMILES string of the molecule is CCNCC(NC(=O)c1cccc(OC)c1)c1c(F)cccc1F. The molecule has 0 aliphatic carbocycles. The molecule has 0 bridgehead atoms. The van der Waals surface area contributed by atoms with Crippen molar-refractivity contribution in [2.45, 2.75) is 13.0 Å². The van der Waals surface area contributed by atoms with Crippen LogP contribution in [0.2, 0.25) is 0 Å². The van der Waals surface area contributed by atoms with Gasteiger partial charge in [0.2, 0.25) is 0 Å². The molecular weight excluding hydrogens is 314 g/mol. The molecule has 2 N–H and O–H groups in total. The Kier molecular flexibility index (Phi) is 6.26. The maximum Gasteiger partial charge on any atom is 0.251 e. The van der Waals surface area contributed by atoms with Crippen LogP contribution in [0.3, 0.4) is 0 Å². The summed E-state index contributed by atoms with van der Waals surface area (Å²) in [5, 5.41) is 5.69. The largest absolute Gasteiger partial charge is 0.497 e. The van der Waals surface area contributed by atoms with Crippen molar-refractivity contribution >= 4 is 5.91 Å². The second-order valence-corrected chi connectivity index (χ2v) is 5.20. The first-order valence-corrected chi connectivity index (χ1v) is 7.66. The van der Waals surface area contributed by atoms with Gasteiger partial charge in [-0.1, -0.05) is 19.1 Å². The molecule has 0 fully saturated rings. The highest BCUT2D eigenvalue weighted by Crippen LogP contribution is 2.21. The zero-order valence-electron chi connectivity index (χ0n) is 13.6. The number of carbonyl (C=O) groups excluding carboxylic acids is 1. The Bertz CT molecular complexity index is 687. The molecule has 1 unspecified atom stereocenters. The van der Waals surface area contributed by atoms with Gasteiger partial charge in [0.25, 0.3) is 5.91 Å². The molecule has 0 aliphatic heterocycles. The van der Waals surface area contributed by atoms with Gasteiger partial charge in [0, 0.05) is 17.7 Å².